The minimum Gasteiger partial charge on any atom is -0.480 e. The summed E-state index contributed by atoms with van der Waals surface area (Å²) < 4.78 is 4.81. The maximum atomic E-state index is 11.9. The van der Waals surface area contributed by atoms with Gasteiger partial charge in [0.15, 0.2) is 5.69 Å². The van der Waals surface area contributed by atoms with E-state index >= 15 is 0 Å². The SMILES string of the molecule is Cc1cc(C(=O)NC(CC23CC(C2)C3)C(=O)O)no1. The number of aryl methyl sites for hydroxylation is 1. The van der Waals surface area contributed by atoms with E-state index in [-0.39, 0.29) is 11.1 Å². The van der Waals surface area contributed by atoms with Gasteiger partial charge in [-0.1, -0.05) is 5.16 Å². The Morgan fingerprint density at radius 1 is 1.58 bits per heavy atom. The van der Waals surface area contributed by atoms with Crippen molar-refractivity contribution in [3.05, 3.63) is 17.5 Å². The molecule has 3 saturated carbocycles. The Hall–Kier alpha value is -1.85. The third kappa shape index (κ3) is 2.11. The van der Waals surface area contributed by atoms with Gasteiger partial charge in [0.1, 0.15) is 11.8 Å². The van der Waals surface area contributed by atoms with Gasteiger partial charge in [0.25, 0.3) is 5.91 Å². The average molecular weight is 264 g/mol. The van der Waals surface area contributed by atoms with Crippen LogP contribution in [0.15, 0.2) is 10.6 Å². The molecule has 102 valence electrons. The lowest BCUT2D eigenvalue weighted by Crippen LogP contribution is -2.56. The molecule has 4 rings (SSSR count). The zero-order valence-corrected chi connectivity index (χ0v) is 10.7. The minimum atomic E-state index is -0.988. The molecule has 0 saturated heterocycles. The second kappa shape index (κ2) is 4.08. The van der Waals surface area contributed by atoms with Crippen LogP contribution in [0.1, 0.15) is 41.9 Å². The molecular weight excluding hydrogens is 248 g/mol. The molecule has 0 aromatic carbocycles. The minimum absolute atomic E-state index is 0.126. The van der Waals surface area contributed by atoms with Crippen LogP contribution in [0, 0.1) is 18.3 Å². The third-order valence-corrected chi connectivity index (χ3v) is 4.27. The zero-order chi connectivity index (χ0) is 13.6. The Morgan fingerprint density at radius 2 is 2.26 bits per heavy atom. The lowest BCUT2D eigenvalue weighted by molar-refractivity contribution is -0.149. The van der Waals surface area contributed by atoms with E-state index in [4.69, 9.17) is 4.52 Å². The van der Waals surface area contributed by atoms with Gasteiger partial charge < -0.3 is 14.9 Å². The fourth-order valence-corrected chi connectivity index (χ4v) is 3.25. The van der Waals surface area contributed by atoms with Crippen LogP contribution in [0.2, 0.25) is 0 Å². The number of rotatable bonds is 5. The van der Waals surface area contributed by atoms with E-state index in [1.165, 1.54) is 6.07 Å². The first-order valence-corrected chi connectivity index (χ1v) is 6.44. The van der Waals surface area contributed by atoms with E-state index < -0.39 is 17.9 Å². The molecule has 1 aromatic rings. The molecule has 0 aliphatic heterocycles. The topological polar surface area (TPSA) is 92.4 Å². The van der Waals surface area contributed by atoms with E-state index in [1.807, 2.05) is 0 Å². The number of aliphatic carboxylic acids is 1. The van der Waals surface area contributed by atoms with Crippen molar-refractivity contribution in [2.45, 2.75) is 38.6 Å². The monoisotopic (exact) mass is 264 g/mol. The molecule has 3 fully saturated rings. The summed E-state index contributed by atoms with van der Waals surface area (Å²) in [7, 11) is 0. The Balaban J connectivity index is 1.64. The third-order valence-electron chi connectivity index (χ3n) is 4.27. The molecule has 3 aliphatic rings. The van der Waals surface area contributed by atoms with E-state index in [9.17, 15) is 14.7 Å². The predicted molar refractivity (Wildman–Crippen MR) is 64.5 cm³/mol. The summed E-state index contributed by atoms with van der Waals surface area (Å²) in [6, 6.07) is 0.653. The number of carboxylic acids is 1. The number of carbonyl (C=O) groups excluding carboxylic acids is 1. The summed E-state index contributed by atoms with van der Waals surface area (Å²) in [6.45, 7) is 1.68. The Labute approximate surface area is 110 Å². The van der Waals surface area contributed by atoms with Gasteiger partial charge in [-0.3, -0.25) is 4.79 Å². The van der Waals surface area contributed by atoms with Gasteiger partial charge in [0, 0.05) is 6.07 Å². The first-order chi connectivity index (χ1) is 8.97. The maximum Gasteiger partial charge on any atom is 0.326 e. The van der Waals surface area contributed by atoms with Crippen LogP contribution in [0.3, 0.4) is 0 Å². The highest BCUT2D eigenvalue weighted by Gasteiger charge is 2.57. The highest BCUT2D eigenvalue weighted by Crippen LogP contribution is 2.66. The van der Waals surface area contributed by atoms with Crippen LogP contribution < -0.4 is 5.32 Å². The molecule has 2 bridgehead atoms. The van der Waals surface area contributed by atoms with Crippen molar-refractivity contribution >= 4 is 11.9 Å². The lowest BCUT2D eigenvalue weighted by Gasteiger charge is -2.62. The quantitative estimate of drug-likeness (QED) is 0.837. The Kier molecular flexibility index (Phi) is 2.62. The fourth-order valence-electron chi connectivity index (χ4n) is 3.25. The van der Waals surface area contributed by atoms with Gasteiger partial charge >= 0.3 is 5.97 Å². The van der Waals surface area contributed by atoms with Crippen molar-refractivity contribution < 1.29 is 19.2 Å². The molecule has 1 aromatic heterocycles. The molecule has 1 heterocycles. The van der Waals surface area contributed by atoms with Crippen molar-refractivity contribution in [3.63, 3.8) is 0 Å². The summed E-state index contributed by atoms with van der Waals surface area (Å²) in [5, 5.41) is 15.3. The van der Waals surface area contributed by atoms with Gasteiger partial charge in [-0.25, -0.2) is 4.79 Å². The molecule has 3 aliphatic carbocycles. The average Bonchev–Trinajstić information content (AvgIpc) is 2.65. The number of hydrogen-bond acceptors (Lipinski definition) is 4. The molecule has 1 unspecified atom stereocenters. The predicted octanol–water partition coefficient (Wildman–Crippen LogP) is 1.36. The highest BCUT2D eigenvalue weighted by atomic mass is 16.5. The molecule has 6 heteroatoms. The van der Waals surface area contributed by atoms with Crippen molar-refractivity contribution in [2.24, 2.45) is 11.3 Å². The van der Waals surface area contributed by atoms with Crippen LogP contribution in [0.4, 0.5) is 0 Å². The normalized spacial score (nSPS) is 29.0. The van der Waals surface area contributed by atoms with E-state index in [2.05, 4.69) is 10.5 Å². The van der Waals surface area contributed by atoms with E-state index in [1.54, 1.807) is 6.92 Å². The van der Waals surface area contributed by atoms with Gasteiger partial charge in [-0.05, 0) is 43.9 Å². The first-order valence-electron chi connectivity index (χ1n) is 6.44. The number of nitrogens with zero attached hydrogens (tertiary/aromatic N) is 1. The zero-order valence-electron chi connectivity index (χ0n) is 10.7. The number of hydrogen-bond donors (Lipinski definition) is 2. The summed E-state index contributed by atoms with van der Waals surface area (Å²) in [6.07, 6.45) is 3.84. The molecule has 2 N–H and O–H groups in total. The lowest BCUT2D eigenvalue weighted by atomic mass is 9.43. The standard InChI is InChI=1S/C13H16N2O4/c1-7-2-9(15-19-7)11(16)14-10(12(17)18)6-13-3-8(4-13)5-13/h2,8,10H,3-6H2,1H3,(H,14,16)(H,17,18). The number of nitrogens with one attached hydrogen (secondary N) is 1. The summed E-state index contributed by atoms with van der Waals surface area (Å²) in [5.74, 6) is -0.158. The van der Waals surface area contributed by atoms with Crippen LogP contribution in [0.25, 0.3) is 0 Å². The molecule has 1 amide bonds. The number of amides is 1. The van der Waals surface area contributed by atoms with Crippen molar-refractivity contribution in [1.82, 2.24) is 10.5 Å². The molecular formula is C13H16N2O4. The molecule has 6 nitrogen and oxygen atoms in total. The number of aromatic nitrogens is 1. The highest BCUT2D eigenvalue weighted by molar-refractivity contribution is 5.94. The largest absolute Gasteiger partial charge is 0.480 e. The Morgan fingerprint density at radius 3 is 2.68 bits per heavy atom. The van der Waals surface area contributed by atoms with Gasteiger partial charge in [0.05, 0.1) is 0 Å². The number of carbonyl (C=O) groups is 2. The van der Waals surface area contributed by atoms with Crippen molar-refractivity contribution in [3.8, 4) is 0 Å². The van der Waals surface area contributed by atoms with Crippen molar-refractivity contribution in [2.75, 3.05) is 0 Å². The first kappa shape index (κ1) is 12.2. The molecule has 19 heavy (non-hydrogen) atoms. The van der Waals surface area contributed by atoms with Gasteiger partial charge in [-0.2, -0.15) is 0 Å². The van der Waals surface area contributed by atoms with Crippen molar-refractivity contribution in [1.29, 1.82) is 0 Å². The second-order valence-electron chi connectivity index (χ2n) is 5.87. The summed E-state index contributed by atoms with van der Waals surface area (Å²) >= 11 is 0. The molecule has 0 radical (unpaired) electrons. The van der Waals surface area contributed by atoms with Crippen LogP contribution in [-0.2, 0) is 4.79 Å². The van der Waals surface area contributed by atoms with Gasteiger partial charge in [0.2, 0.25) is 0 Å². The summed E-state index contributed by atoms with van der Waals surface area (Å²) in [4.78, 5) is 23.1. The van der Waals surface area contributed by atoms with E-state index in [0.29, 0.717) is 12.2 Å². The number of carboxylic acid groups (broad SMARTS) is 1. The maximum absolute atomic E-state index is 11.9. The van der Waals surface area contributed by atoms with Crippen LogP contribution in [-0.4, -0.2) is 28.2 Å². The summed E-state index contributed by atoms with van der Waals surface area (Å²) in [5.41, 5.74) is 0.294. The fraction of sp³-hybridized carbons (Fsp3) is 0.615. The van der Waals surface area contributed by atoms with E-state index in [0.717, 1.165) is 25.2 Å². The van der Waals surface area contributed by atoms with Crippen LogP contribution in [0.5, 0.6) is 0 Å². The van der Waals surface area contributed by atoms with Gasteiger partial charge in [-0.15, -0.1) is 0 Å². The molecule has 1 atom stereocenters. The Bertz CT molecular complexity index is 519. The molecule has 0 spiro atoms. The smallest absolute Gasteiger partial charge is 0.326 e. The van der Waals surface area contributed by atoms with Crippen LogP contribution >= 0.6 is 0 Å². The second-order valence-corrected chi connectivity index (χ2v) is 5.87.